The van der Waals surface area contributed by atoms with Crippen LogP contribution in [0.2, 0.25) is 0 Å². The Labute approximate surface area is 196 Å². The Morgan fingerprint density at radius 3 is 2.56 bits per heavy atom. The second-order valence-corrected chi connectivity index (χ2v) is 8.75. The summed E-state index contributed by atoms with van der Waals surface area (Å²) in [5.74, 6) is -2.87. The molecule has 2 unspecified atom stereocenters. The number of carbonyl (C=O) groups is 3. The van der Waals surface area contributed by atoms with Gasteiger partial charge < -0.3 is 25.8 Å². The number of aryl methyl sites for hydroxylation is 1. The van der Waals surface area contributed by atoms with Crippen LogP contribution >= 0.6 is 0 Å². The number of carbonyl (C=O) groups excluding carboxylic acids is 2. The van der Waals surface area contributed by atoms with E-state index in [4.69, 9.17) is 4.74 Å². The van der Waals surface area contributed by atoms with Gasteiger partial charge in [-0.25, -0.2) is 9.18 Å². The molecule has 2 aliphatic heterocycles. The van der Waals surface area contributed by atoms with Crippen molar-refractivity contribution in [2.45, 2.75) is 44.9 Å². The van der Waals surface area contributed by atoms with Crippen molar-refractivity contribution < 1.29 is 28.6 Å². The zero-order chi connectivity index (χ0) is 24.4. The van der Waals surface area contributed by atoms with Gasteiger partial charge in [0.15, 0.2) is 6.23 Å². The average Bonchev–Trinajstić information content (AvgIpc) is 3.12. The van der Waals surface area contributed by atoms with Crippen LogP contribution in [-0.2, 0) is 20.8 Å². The third kappa shape index (κ3) is 5.03. The largest absolute Gasteiger partial charge is 0.477 e. The summed E-state index contributed by atoms with van der Waals surface area (Å²) in [6.45, 7) is 3.55. The summed E-state index contributed by atoms with van der Waals surface area (Å²) in [4.78, 5) is 37.5. The summed E-state index contributed by atoms with van der Waals surface area (Å²) in [5, 5.41) is 18.2. The summed E-state index contributed by atoms with van der Waals surface area (Å²) in [6, 6.07) is 10.4. The van der Waals surface area contributed by atoms with Crippen molar-refractivity contribution in [3.8, 4) is 5.75 Å². The third-order valence-corrected chi connectivity index (χ3v) is 5.91. The van der Waals surface area contributed by atoms with E-state index >= 15 is 0 Å². The van der Waals surface area contributed by atoms with E-state index < -0.39 is 30.1 Å². The van der Waals surface area contributed by atoms with Gasteiger partial charge in [0.05, 0.1) is 5.92 Å². The number of hydrogen-bond acceptors (Lipinski definition) is 5. The molecule has 8 nitrogen and oxygen atoms in total. The van der Waals surface area contributed by atoms with Gasteiger partial charge >= 0.3 is 5.97 Å². The van der Waals surface area contributed by atoms with Gasteiger partial charge in [-0.2, -0.15) is 0 Å². The molecule has 9 heteroatoms. The first-order valence-corrected chi connectivity index (χ1v) is 11.1. The number of fused-ring (bicyclic) bond motifs is 1. The van der Waals surface area contributed by atoms with Crippen molar-refractivity contribution in [3.63, 3.8) is 0 Å². The summed E-state index contributed by atoms with van der Waals surface area (Å²) < 4.78 is 19.4. The number of benzene rings is 2. The lowest BCUT2D eigenvalue weighted by Gasteiger charge is -2.23. The van der Waals surface area contributed by atoms with Gasteiger partial charge in [0.25, 0.3) is 0 Å². The Balaban J connectivity index is 1.76. The van der Waals surface area contributed by atoms with Gasteiger partial charge in [-0.15, -0.1) is 0 Å². The molecule has 0 saturated carbocycles. The van der Waals surface area contributed by atoms with E-state index in [2.05, 4.69) is 16.0 Å². The smallest absolute Gasteiger partial charge is 0.352 e. The predicted molar refractivity (Wildman–Crippen MR) is 123 cm³/mol. The first-order valence-electron chi connectivity index (χ1n) is 11.1. The van der Waals surface area contributed by atoms with E-state index in [0.29, 0.717) is 17.9 Å². The highest BCUT2D eigenvalue weighted by Gasteiger charge is 2.35. The van der Waals surface area contributed by atoms with Gasteiger partial charge in [0.1, 0.15) is 23.3 Å². The molecule has 2 amide bonds. The Hall–Kier alpha value is -3.88. The lowest BCUT2D eigenvalue weighted by atomic mass is 9.94. The van der Waals surface area contributed by atoms with E-state index in [1.54, 1.807) is 32.0 Å². The molecule has 0 saturated heterocycles. The number of amides is 2. The van der Waals surface area contributed by atoms with Gasteiger partial charge in [-0.3, -0.25) is 9.59 Å². The van der Waals surface area contributed by atoms with Crippen molar-refractivity contribution in [2.24, 2.45) is 5.92 Å². The Morgan fingerprint density at radius 2 is 1.88 bits per heavy atom. The average molecular weight is 467 g/mol. The quantitative estimate of drug-likeness (QED) is 0.550. The van der Waals surface area contributed by atoms with Crippen LogP contribution in [0.15, 0.2) is 54.2 Å². The van der Waals surface area contributed by atoms with Crippen molar-refractivity contribution in [3.05, 3.63) is 71.2 Å². The summed E-state index contributed by atoms with van der Waals surface area (Å²) in [6.07, 6.45) is 1.36. The molecule has 0 aliphatic carbocycles. The molecule has 34 heavy (non-hydrogen) atoms. The fraction of sp³-hybridized carbons (Fsp3) is 0.320. The van der Waals surface area contributed by atoms with E-state index in [1.165, 1.54) is 18.2 Å². The van der Waals surface area contributed by atoms with Gasteiger partial charge in [0.2, 0.25) is 11.8 Å². The van der Waals surface area contributed by atoms with Crippen molar-refractivity contribution in [2.75, 3.05) is 5.32 Å². The second-order valence-electron chi connectivity index (χ2n) is 8.75. The highest BCUT2D eigenvalue weighted by atomic mass is 19.1. The Morgan fingerprint density at radius 1 is 1.15 bits per heavy atom. The maximum Gasteiger partial charge on any atom is 0.352 e. The molecular weight excluding hydrogens is 441 g/mol. The fourth-order valence-electron chi connectivity index (χ4n) is 4.10. The van der Waals surface area contributed by atoms with Crippen LogP contribution in [0.3, 0.4) is 0 Å². The second kappa shape index (κ2) is 9.54. The van der Waals surface area contributed by atoms with Gasteiger partial charge in [-0.1, -0.05) is 26.0 Å². The first-order chi connectivity index (χ1) is 16.2. The topological polar surface area (TPSA) is 117 Å². The van der Waals surface area contributed by atoms with Crippen molar-refractivity contribution >= 4 is 23.5 Å². The number of carboxylic acids is 1. The monoisotopic (exact) mass is 467 g/mol. The minimum absolute atomic E-state index is 0.178. The highest BCUT2D eigenvalue weighted by Crippen LogP contribution is 2.40. The molecule has 4 rings (SSSR count). The number of anilines is 1. The lowest BCUT2D eigenvalue weighted by Crippen LogP contribution is -2.50. The molecule has 3 atom stereocenters. The number of rotatable bonds is 4. The van der Waals surface area contributed by atoms with E-state index in [9.17, 15) is 23.9 Å². The maximum absolute atomic E-state index is 13.3. The number of halogens is 1. The molecule has 2 aliphatic rings. The molecule has 2 heterocycles. The van der Waals surface area contributed by atoms with E-state index in [0.717, 1.165) is 11.1 Å². The van der Waals surface area contributed by atoms with Gasteiger partial charge in [0, 0.05) is 17.7 Å². The number of carboxylic acid groups (broad SMARTS) is 1. The number of aliphatic carboxylic acids is 1. The third-order valence-electron chi connectivity index (χ3n) is 5.91. The predicted octanol–water partition coefficient (Wildman–Crippen LogP) is 2.91. The summed E-state index contributed by atoms with van der Waals surface area (Å²) >= 11 is 0. The minimum Gasteiger partial charge on any atom is -0.477 e. The standard InChI is InChI=1S/C25H26FN3O5/c1-13(2)22-23(31)28-19(25(32)33)12-18-17-11-14(4-10-21(30)29-22)3-9-20(17)34-24(18)27-16-7-5-15(26)6-8-16/h3,5-9,11-13,18,22,24,27H,4,10H2,1-2H3,(H,28,31)(H,29,30)(H,32,33)/b19-12+/t18?,22?,24-/m1/s1. The van der Waals surface area contributed by atoms with Crippen LogP contribution in [0, 0.1) is 11.7 Å². The van der Waals surface area contributed by atoms with Crippen LogP contribution < -0.4 is 20.7 Å². The Kier molecular flexibility index (Phi) is 6.54. The zero-order valence-electron chi connectivity index (χ0n) is 18.8. The Bertz CT molecular complexity index is 1150. The molecule has 2 aromatic carbocycles. The molecule has 178 valence electrons. The van der Waals surface area contributed by atoms with Crippen LogP contribution in [0.25, 0.3) is 0 Å². The van der Waals surface area contributed by atoms with Crippen molar-refractivity contribution in [1.29, 1.82) is 0 Å². The minimum atomic E-state index is -1.32. The molecule has 0 fully saturated rings. The number of ether oxygens (including phenoxy) is 1. The summed E-state index contributed by atoms with van der Waals surface area (Å²) in [5.41, 5.74) is 1.88. The van der Waals surface area contributed by atoms with Gasteiger partial charge in [-0.05, 0) is 54.3 Å². The number of nitrogens with one attached hydrogen (secondary N) is 3. The lowest BCUT2D eigenvalue weighted by molar-refractivity contribution is -0.135. The van der Waals surface area contributed by atoms with Crippen LogP contribution in [0.5, 0.6) is 5.75 Å². The van der Waals surface area contributed by atoms with Crippen LogP contribution in [-0.4, -0.2) is 35.2 Å². The number of hydrogen-bond donors (Lipinski definition) is 4. The molecule has 2 aromatic rings. The molecular formula is C25H26FN3O5. The van der Waals surface area contributed by atoms with E-state index in [-0.39, 0.29) is 29.8 Å². The maximum atomic E-state index is 13.3. The molecule has 4 N–H and O–H groups in total. The molecule has 0 radical (unpaired) electrons. The van der Waals surface area contributed by atoms with Crippen molar-refractivity contribution in [1.82, 2.24) is 10.6 Å². The fourth-order valence-corrected chi connectivity index (χ4v) is 4.10. The van der Waals surface area contributed by atoms with Crippen LogP contribution in [0.4, 0.5) is 10.1 Å². The van der Waals surface area contributed by atoms with Crippen LogP contribution in [0.1, 0.15) is 37.3 Å². The highest BCUT2D eigenvalue weighted by molar-refractivity contribution is 5.96. The summed E-state index contributed by atoms with van der Waals surface area (Å²) in [7, 11) is 0. The molecule has 2 bridgehead atoms. The SMILES string of the molecule is CC(C)C1NC(=O)CCc2ccc3c(c2)C(/C=C(\C(=O)O)NC1=O)[C@H](Nc1ccc(F)cc1)O3. The molecule has 0 aromatic heterocycles. The zero-order valence-corrected chi connectivity index (χ0v) is 18.8. The first kappa shape index (κ1) is 23.3. The molecule has 0 spiro atoms. The normalized spacial score (nSPS) is 23.9. The van der Waals surface area contributed by atoms with E-state index in [1.807, 2.05) is 12.1 Å².